The maximum Gasteiger partial charge on any atom is 0.261 e. The van der Waals surface area contributed by atoms with E-state index in [-0.39, 0.29) is 5.91 Å². The van der Waals surface area contributed by atoms with Crippen molar-refractivity contribution < 1.29 is 4.79 Å². The van der Waals surface area contributed by atoms with Crippen LogP contribution in [0.1, 0.15) is 35.9 Å². The summed E-state index contributed by atoms with van der Waals surface area (Å²) in [6.07, 6.45) is 3.42. The number of carbonyl (C=O) groups excluding carboxylic acids is 1. The average Bonchev–Trinajstić information content (AvgIpc) is 2.95. The number of anilines is 1. The van der Waals surface area contributed by atoms with Gasteiger partial charge in [0.1, 0.15) is 0 Å². The molecule has 3 rings (SSSR count). The Morgan fingerprint density at radius 2 is 2.21 bits per heavy atom. The fourth-order valence-electron chi connectivity index (χ4n) is 2.77. The van der Waals surface area contributed by atoms with Gasteiger partial charge in [-0.2, -0.15) is 0 Å². The SMILES string of the molecule is CC1CCC(NC(=O)c2cc3cc(N)ccc3s2)C1. The van der Waals surface area contributed by atoms with E-state index in [1.807, 2.05) is 24.3 Å². The lowest BCUT2D eigenvalue weighted by Crippen LogP contribution is -2.32. The number of nitrogens with two attached hydrogens (primary N) is 1. The smallest absolute Gasteiger partial charge is 0.261 e. The van der Waals surface area contributed by atoms with Crippen LogP contribution < -0.4 is 11.1 Å². The second kappa shape index (κ2) is 4.85. The molecule has 0 radical (unpaired) electrons. The normalized spacial score (nSPS) is 22.8. The van der Waals surface area contributed by atoms with Crippen molar-refractivity contribution in [2.75, 3.05) is 5.73 Å². The predicted molar refractivity (Wildman–Crippen MR) is 80.5 cm³/mol. The molecule has 1 aliphatic carbocycles. The highest BCUT2D eigenvalue weighted by molar-refractivity contribution is 7.20. The topological polar surface area (TPSA) is 55.1 Å². The number of amides is 1. The molecule has 2 unspecified atom stereocenters. The van der Waals surface area contributed by atoms with Crippen LogP contribution in [0.5, 0.6) is 0 Å². The third-order valence-corrected chi connectivity index (χ3v) is 4.91. The number of carbonyl (C=O) groups is 1. The number of thiophene rings is 1. The molecular formula is C15H18N2OS. The molecule has 1 fully saturated rings. The second-order valence-corrected chi connectivity index (χ2v) is 6.58. The van der Waals surface area contributed by atoms with Gasteiger partial charge >= 0.3 is 0 Å². The van der Waals surface area contributed by atoms with Crippen molar-refractivity contribution in [2.45, 2.75) is 32.2 Å². The van der Waals surface area contributed by atoms with Crippen LogP contribution in [0.4, 0.5) is 5.69 Å². The van der Waals surface area contributed by atoms with Crippen molar-refractivity contribution >= 4 is 33.0 Å². The van der Waals surface area contributed by atoms with E-state index < -0.39 is 0 Å². The number of benzene rings is 1. The number of hydrogen-bond acceptors (Lipinski definition) is 3. The molecule has 0 saturated heterocycles. The number of nitrogens with one attached hydrogen (secondary N) is 1. The minimum absolute atomic E-state index is 0.0545. The predicted octanol–water partition coefficient (Wildman–Crippen LogP) is 3.40. The van der Waals surface area contributed by atoms with Crippen LogP contribution in [0.3, 0.4) is 0 Å². The highest BCUT2D eigenvalue weighted by atomic mass is 32.1. The fraction of sp³-hybridized carbons (Fsp3) is 0.400. The Bertz CT molecular complexity index is 620. The van der Waals surface area contributed by atoms with Gasteiger partial charge in [0.25, 0.3) is 5.91 Å². The Labute approximate surface area is 116 Å². The molecule has 1 heterocycles. The molecule has 0 spiro atoms. The molecule has 1 aromatic heterocycles. The highest BCUT2D eigenvalue weighted by Gasteiger charge is 2.23. The zero-order chi connectivity index (χ0) is 13.4. The van der Waals surface area contributed by atoms with E-state index in [2.05, 4.69) is 12.2 Å². The molecule has 100 valence electrons. The van der Waals surface area contributed by atoms with Crippen LogP contribution in [0.2, 0.25) is 0 Å². The van der Waals surface area contributed by atoms with Crippen LogP contribution in [0.15, 0.2) is 24.3 Å². The van der Waals surface area contributed by atoms with Crippen LogP contribution in [-0.4, -0.2) is 11.9 Å². The van der Waals surface area contributed by atoms with Gasteiger partial charge in [-0.25, -0.2) is 0 Å². The van der Waals surface area contributed by atoms with E-state index in [0.29, 0.717) is 6.04 Å². The molecule has 2 aromatic rings. The monoisotopic (exact) mass is 274 g/mol. The molecule has 0 bridgehead atoms. The fourth-order valence-corrected chi connectivity index (χ4v) is 3.71. The lowest BCUT2D eigenvalue weighted by molar-refractivity contribution is 0.0941. The number of hydrogen-bond donors (Lipinski definition) is 2. The Hall–Kier alpha value is -1.55. The van der Waals surface area contributed by atoms with Crippen LogP contribution in [0, 0.1) is 5.92 Å². The molecule has 1 aromatic carbocycles. The van der Waals surface area contributed by atoms with Crippen LogP contribution in [-0.2, 0) is 0 Å². The van der Waals surface area contributed by atoms with Crippen molar-refractivity contribution in [1.82, 2.24) is 5.32 Å². The quantitative estimate of drug-likeness (QED) is 0.825. The van der Waals surface area contributed by atoms with Crippen molar-refractivity contribution in [2.24, 2.45) is 5.92 Å². The van der Waals surface area contributed by atoms with Gasteiger partial charge in [0.2, 0.25) is 0 Å². The Morgan fingerprint density at radius 3 is 2.95 bits per heavy atom. The summed E-state index contributed by atoms with van der Waals surface area (Å²) in [5.41, 5.74) is 6.50. The summed E-state index contributed by atoms with van der Waals surface area (Å²) < 4.78 is 1.11. The summed E-state index contributed by atoms with van der Waals surface area (Å²) in [5.74, 6) is 0.784. The third-order valence-electron chi connectivity index (χ3n) is 3.79. The third kappa shape index (κ3) is 2.59. The molecule has 19 heavy (non-hydrogen) atoms. The van der Waals surface area contributed by atoms with E-state index in [1.165, 1.54) is 17.8 Å². The maximum atomic E-state index is 12.2. The summed E-state index contributed by atoms with van der Waals surface area (Å²) >= 11 is 1.53. The van der Waals surface area contributed by atoms with Crippen molar-refractivity contribution in [3.8, 4) is 0 Å². The van der Waals surface area contributed by atoms with Gasteiger partial charge < -0.3 is 11.1 Å². The Morgan fingerprint density at radius 1 is 1.37 bits per heavy atom. The molecule has 1 aliphatic rings. The zero-order valence-corrected chi connectivity index (χ0v) is 11.8. The van der Waals surface area contributed by atoms with Crippen molar-refractivity contribution in [3.05, 3.63) is 29.1 Å². The molecular weight excluding hydrogens is 256 g/mol. The first kappa shape index (κ1) is 12.5. The van der Waals surface area contributed by atoms with Gasteiger partial charge in [-0.3, -0.25) is 4.79 Å². The first-order chi connectivity index (χ1) is 9.11. The van der Waals surface area contributed by atoms with E-state index >= 15 is 0 Å². The van der Waals surface area contributed by atoms with Gasteiger partial charge in [0, 0.05) is 16.4 Å². The molecule has 1 saturated carbocycles. The summed E-state index contributed by atoms with van der Waals surface area (Å²) in [7, 11) is 0. The Balaban J connectivity index is 1.78. The van der Waals surface area contributed by atoms with Crippen LogP contribution in [0.25, 0.3) is 10.1 Å². The van der Waals surface area contributed by atoms with E-state index in [0.717, 1.165) is 39.4 Å². The molecule has 3 N–H and O–H groups in total. The highest BCUT2D eigenvalue weighted by Crippen LogP contribution is 2.29. The first-order valence-electron chi connectivity index (χ1n) is 6.72. The number of rotatable bonds is 2. The van der Waals surface area contributed by atoms with E-state index in [4.69, 9.17) is 5.73 Å². The first-order valence-corrected chi connectivity index (χ1v) is 7.53. The second-order valence-electron chi connectivity index (χ2n) is 5.50. The van der Waals surface area contributed by atoms with Crippen molar-refractivity contribution in [1.29, 1.82) is 0 Å². The summed E-state index contributed by atoms with van der Waals surface area (Å²) in [6, 6.07) is 8.05. The number of nitrogen functional groups attached to an aromatic ring is 1. The van der Waals surface area contributed by atoms with E-state index in [1.54, 1.807) is 0 Å². The van der Waals surface area contributed by atoms with Gasteiger partial charge in [0.15, 0.2) is 0 Å². The molecule has 1 amide bonds. The average molecular weight is 274 g/mol. The lowest BCUT2D eigenvalue weighted by Gasteiger charge is -2.11. The number of fused-ring (bicyclic) bond motifs is 1. The molecule has 3 nitrogen and oxygen atoms in total. The summed E-state index contributed by atoms with van der Waals surface area (Å²) in [6.45, 7) is 2.24. The van der Waals surface area contributed by atoms with Gasteiger partial charge in [-0.1, -0.05) is 6.92 Å². The van der Waals surface area contributed by atoms with Crippen molar-refractivity contribution in [3.63, 3.8) is 0 Å². The van der Waals surface area contributed by atoms with E-state index in [9.17, 15) is 4.79 Å². The van der Waals surface area contributed by atoms with Gasteiger partial charge in [-0.05, 0) is 54.8 Å². The molecule has 2 atom stereocenters. The standard InChI is InChI=1S/C15H18N2OS/c1-9-2-4-12(6-9)17-15(18)14-8-10-7-11(16)3-5-13(10)19-14/h3,5,7-9,12H,2,4,6,16H2,1H3,(H,17,18). The Kier molecular flexibility index (Phi) is 3.19. The van der Waals surface area contributed by atoms with Gasteiger partial charge in [0.05, 0.1) is 4.88 Å². The lowest BCUT2D eigenvalue weighted by atomic mass is 10.1. The minimum atomic E-state index is 0.0545. The maximum absolute atomic E-state index is 12.2. The minimum Gasteiger partial charge on any atom is -0.399 e. The van der Waals surface area contributed by atoms with Gasteiger partial charge in [-0.15, -0.1) is 11.3 Å². The molecule has 4 heteroatoms. The largest absolute Gasteiger partial charge is 0.399 e. The summed E-state index contributed by atoms with van der Waals surface area (Å²) in [5, 5.41) is 4.19. The molecule has 0 aliphatic heterocycles. The zero-order valence-electron chi connectivity index (χ0n) is 11.0. The van der Waals surface area contributed by atoms with Crippen LogP contribution >= 0.6 is 11.3 Å². The summed E-state index contributed by atoms with van der Waals surface area (Å²) in [4.78, 5) is 13.0.